The van der Waals surface area contributed by atoms with Crippen LogP contribution in [0.2, 0.25) is 0 Å². The van der Waals surface area contributed by atoms with Gasteiger partial charge in [0.05, 0.1) is 5.52 Å². The quantitative estimate of drug-likeness (QED) is 0.664. The minimum atomic E-state index is 0. The van der Waals surface area contributed by atoms with Crippen molar-refractivity contribution in [1.29, 1.82) is 0 Å². The van der Waals surface area contributed by atoms with E-state index in [-0.39, 0.29) is 30.6 Å². The van der Waals surface area contributed by atoms with Gasteiger partial charge in [-0.15, -0.1) is 24.8 Å². The second-order valence-corrected chi connectivity index (χ2v) is 4.50. The van der Waals surface area contributed by atoms with Gasteiger partial charge in [0.15, 0.2) is 0 Å². The van der Waals surface area contributed by atoms with E-state index in [1.807, 2.05) is 49.4 Å². The van der Waals surface area contributed by atoms with E-state index in [0.29, 0.717) is 0 Å². The SMILES string of the molecule is Cc1cc(Nc2ccc(O)cc2)c2ccccc2n1.Cl.Cl. The fraction of sp³-hybridized carbons (Fsp3) is 0.0625. The van der Waals surface area contributed by atoms with Crippen LogP contribution in [0.5, 0.6) is 5.75 Å². The molecule has 2 aromatic carbocycles. The van der Waals surface area contributed by atoms with Crippen LogP contribution in [0.1, 0.15) is 5.69 Å². The summed E-state index contributed by atoms with van der Waals surface area (Å²) in [5.74, 6) is 0.265. The molecule has 0 saturated carbocycles. The number of aryl methyl sites for hydroxylation is 1. The Balaban J connectivity index is 0.00000110. The molecule has 5 heteroatoms. The molecule has 0 radical (unpaired) electrons. The molecule has 0 bridgehead atoms. The number of para-hydroxylation sites is 1. The zero-order valence-electron chi connectivity index (χ0n) is 11.4. The van der Waals surface area contributed by atoms with Crippen molar-refractivity contribution in [2.45, 2.75) is 6.92 Å². The highest BCUT2D eigenvalue weighted by Crippen LogP contribution is 2.26. The molecule has 0 aliphatic carbocycles. The molecular formula is C16H16Cl2N2O. The predicted molar refractivity (Wildman–Crippen MR) is 92.4 cm³/mol. The summed E-state index contributed by atoms with van der Waals surface area (Å²) in [5, 5.41) is 13.7. The lowest BCUT2D eigenvalue weighted by atomic mass is 10.1. The second kappa shape index (κ2) is 7.16. The number of phenolic OH excluding ortho intramolecular Hbond substituents is 1. The fourth-order valence-electron chi connectivity index (χ4n) is 2.11. The number of aromatic hydroxyl groups is 1. The Morgan fingerprint density at radius 2 is 1.62 bits per heavy atom. The number of phenols is 1. The maximum atomic E-state index is 9.30. The molecule has 3 aromatic rings. The van der Waals surface area contributed by atoms with Crippen LogP contribution in [0, 0.1) is 6.92 Å². The Labute approximate surface area is 135 Å². The van der Waals surface area contributed by atoms with E-state index >= 15 is 0 Å². The van der Waals surface area contributed by atoms with Gasteiger partial charge in [-0.3, -0.25) is 4.98 Å². The van der Waals surface area contributed by atoms with Crippen molar-refractivity contribution >= 4 is 47.1 Å². The molecule has 0 atom stereocenters. The first-order chi connectivity index (χ1) is 9.22. The summed E-state index contributed by atoms with van der Waals surface area (Å²) in [4.78, 5) is 4.51. The smallest absolute Gasteiger partial charge is 0.115 e. The molecule has 0 aliphatic heterocycles. The summed E-state index contributed by atoms with van der Waals surface area (Å²) in [5.41, 5.74) is 3.91. The molecule has 1 heterocycles. The van der Waals surface area contributed by atoms with Crippen molar-refractivity contribution in [2.24, 2.45) is 0 Å². The fourth-order valence-corrected chi connectivity index (χ4v) is 2.11. The first-order valence-corrected chi connectivity index (χ1v) is 6.15. The Kier molecular flexibility index (Phi) is 5.82. The third-order valence-electron chi connectivity index (χ3n) is 2.99. The molecular weight excluding hydrogens is 307 g/mol. The summed E-state index contributed by atoms with van der Waals surface area (Å²) in [6.45, 7) is 1.98. The highest BCUT2D eigenvalue weighted by molar-refractivity contribution is 5.93. The van der Waals surface area contributed by atoms with Gasteiger partial charge in [0.25, 0.3) is 0 Å². The molecule has 3 nitrogen and oxygen atoms in total. The van der Waals surface area contributed by atoms with Crippen LogP contribution in [0.15, 0.2) is 54.6 Å². The summed E-state index contributed by atoms with van der Waals surface area (Å²) >= 11 is 0. The predicted octanol–water partition coefficient (Wildman–Crippen LogP) is 4.84. The van der Waals surface area contributed by atoms with E-state index < -0.39 is 0 Å². The molecule has 110 valence electrons. The van der Waals surface area contributed by atoms with Gasteiger partial charge in [0.1, 0.15) is 5.75 Å². The summed E-state index contributed by atoms with van der Waals surface area (Å²) in [6.07, 6.45) is 0. The van der Waals surface area contributed by atoms with Crippen molar-refractivity contribution in [3.8, 4) is 5.75 Å². The monoisotopic (exact) mass is 322 g/mol. The van der Waals surface area contributed by atoms with E-state index in [4.69, 9.17) is 0 Å². The molecule has 2 N–H and O–H groups in total. The van der Waals surface area contributed by atoms with Crippen LogP contribution in [-0.4, -0.2) is 10.1 Å². The van der Waals surface area contributed by atoms with E-state index in [0.717, 1.165) is 28.0 Å². The van der Waals surface area contributed by atoms with Gasteiger partial charge in [0, 0.05) is 22.5 Å². The lowest BCUT2D eigenvalue weighted by Crippen LogP contribution is -1.94. The lowest BCUT2D eigenvalue weighted by Gasteiger charge is -2.10. The molecule has 0 aliphatic rings. The lowest BCUT2D eigenvalue weighted by molar-refractivity contribution is 0.475. The zero-order valence-corrected chi connectivity index (χ0v) is 13.0. The van der Waals surface area contributed by atoms with Crippen LogP contribution >= 0.6 is 24.8 Å². The topological polar surface area (TPSA) is 45.1 Å². The molecule has 0 fully saturated rings. The number of halogens is 2. The van der Waals surface area contributed by atoms with E-state index in [1.165, 1.54) is 0 Å². The van der Waals surface area contributed by atoms with Crippen molar-refractivity contribution in [3.05, 3.63) is 60.3 Å². The van der Waals surface area contributed by atoms with Gasteiger partial charge < -0.3 is 10.4 Å². The molecule has 21 heavy (non-hydrogen) atoms. The third-order valence-corrected chi connectivity index (χ3v) is 2.99. The molecule has 0 saturated heterocycles. The number of pyridine rings is 1. The second-order valence-electron chi connectivity index (χ2n) is 4.50. The number of benzene rings is 2. The molecule has 0 spiro atoms. The van der Waals surface area contributed by atoms with Crippen LogP contribution in [-0.2, 0) is 0 Å². The third kappa shape index (κ3) is 3.78. The van der Waals surface area contributed by atoms with Crippen molar-refractivity contribution in [2.75, 3.05) is 5.32 Å². The first-order valence-electron chi connectivity index (χ1n) is 6.15. The number of fused-ring (bicyclic) bond motifs is 1. The largest absolute Gasteiger partial charge is 0.508 e. The number of nitrogens with one attached hydrogen (secondary N) is 1. The first kappa shape index (κ1) is 17.1. The highest BCUT2D eigenvalue weighted by atomic mass is 35.5. The average Bonchev–Trinajstić information content (AvgIpc) is 2.41. The van der Waals surface area contributed by atoms with Crippen molar-refractivity contribution in [3.63, 3.8) is 0 Å². The van der Waals surface area contributed by atoms with Gasteiger partial charge in [-0.25, -0.2) is 0 Å². The number of rotatable bonds is 2. The maximum absolute atomic E-state index is 9.30. The highest BCUT2D eigenvalue weighted by Gasteiger charge is 2.03. The number of anilines is 2. The Bertz CT molecular complexity index is 730. The summed E-state index contributed by atoms with van der Waals surface area (Å²) < 4.78 is 0. The standard InChI is InChI=1S/C16H14N2O.2ClH/c1-11-10-16(14-4-2-3-5-15(14)17-11)18-12-6-8-13(19)9-7-12;;/h2-10,19H,1H3,(H,17,18);2*1H. The van der Waals surface area contributed by atoms with Crippen LogP contribution < -0.4 is 5.32 Å². The Morgan fingerprint density at radius 1 is 0.952 bits per heavy atom. The normalized spacial score (nSPS) is 9.57. The minimum absolute atomic E-state index is 0. The van der Waals surface area contributed by atoms with E-state index in [9.17, 15) is 5.11 Å². The van der Waals surface area contributed by atoms with Crippen LogP contribution in [0.25, 0.3) is 10.9 Å². The number of nitrogens with zero attached hydrogens (tertiary/aromatic N) is 1. The molecule has 1 aromatic heterocycles. The Hall–Kier alpha value is -1.97. The van der Waals surface area contributed by atoms with Gasteiger partial charge in [0.2, 0.25) is 0 Å². The summed E-state index contributed by atoms with van der Waals surface area (Å²) in [6, 6.07) is 17.1. The van der Waals surface area contributed by atoms with Gasteiger partial charge in [-0.1, -0.05) is 18.2 Å². The van der Waals surface area contributed by atoms with Gasteiger partial charge in [-0.05, 0) is 43.3 Å². The Morgan fingerprint density at radius 3 is 2.33 bits per heavy atom. The van der Waals surface area contributed by atoms with Crippen LogP contribution in [0.4, 0.5) is 11.4 Å². The molecule has 3 rings (SSSR count). The minimum Gasteiger partial charge on any atom is -0.508 e. The number of hydrogen-bond donors (Lipinski definition) is 2. The van der Waals surface area contributed by atoms with Gasteiger partial charge in [-0.2, -0.15) is 0 Å². The molecule has 0 unspecified atom stereocenters. The number of aromatic nitrogens is 1. The van der Waals surface area contributed by atoms with E-state index in [2.05, 4.69) is 10.3 Å². The summed E-state index contributed by atoms with van der Waals surface area (Å²) in [7, 11) is 0. The van der Waals surface area contributed by atoms with Gasteiger partial charge >= 0.3 is 0 Å². The maximum Gasteiger partial charge on any atom is 0.115 e. The van der Waals surface area contributed by atoms with Crippen molar-refractivity contribution in [1.82, 2.24) is 4.98 Å². The zero-order chi connectivity index (χ0) is 13.2. The van der Waals surface area contributed by atoms with E-state index in [1.54, 1.807) is 12.1 Å². The average molecular weight is 323 g/mol. The van der Waals surface area contributed by atoms with Crippen molar-refractivity contribution < 1.29 is 5.11 Å². The molecule has 0 amide bonds. The van der Waals surface area contributed by atoms with Crippen LogP contribution in [0.3, 0.4) is 0 Å². The number of hydrogen-bond acceptors (Lipinski definition) is 3.